The highest BCUT2D eigenvalue weighted by atomic mass is 16.3. The molecule has 0 N–H and O–H groups in total. The SMILES string of the molecule is [2H]c1c([2H])c([2H])c(-c2nc(-c3cc(-c4ccc(-c5cccc6oc7ccccc7c56)cc4)cc(-c4ccc(-c5cccc6oc7ccccc7c56)cc4)c3)nc(-c3c([2H])c([2H])c([2H])c([2H])c3[2H])n2)c([2H])c1[2H]. The van der Waals surface area contributed by atoms with E-state index in [0.29, 0.717) is 5.56 Å². The number of hydrogen-bond acceptors (Lipinski definition) is 5. The zero-order chi connectivity index (χ0) is 49.7. The van der Waals surface area contributed by atoms with Gasteiger partial charge in [-0.3, -0.25) is 0 Å². The second-order valence-electron chi connectivity index (χ2n) is 14.8. The lowest BCUT2D eigenvalue weighted by Gasteiger charge is -2.13. The Kier molecular flexibility index (Phi) is 6.31. The van der Waals surface area contributed by atoms with Crippen LogP contribution in [0.5, 0.6) is 0 Å². The molecule has 0 unspecified atom stereocenters. The van der Waals surface area contributed by atoms with E-state index >= 15 is 0 Å². The van der Waals surface area contributed by atoms with E-state index in [4.69, 9.17) is 32.5 Å². The molecule has 0 saturated heterocycles. The highest BCUT2D eigenvalue weighted by Crippen LogP contribution is 2.40. The minimum absolute atomic E-state index is 0.0398. The predicted octanol–water partition coefficient (Wildman–Crippen LogP) is 15.3. The van der Waals surface area contributed by atoms with Crippen LogP contribution in [-0.4, -0.2) is 15.0 Å². The summed E-state index contributed by atoms with van der Waals surface area (Å²) >= 11 is 0. The first kappa shape index (κ1) is 26.6. The zero-order valence-corrected chi connectivity index (χ0v) is 32.6. The minimum Gasteiger partial charge on any atom is -0.456 e. The maximum atomic E-state index is 8.86. The van der Waals surface area contributed by atoms with Gasteiger partial charge in [0.2, 0.25) is 0 Å². The molecule has 0 atom stereocenters. The quantitative estimate of drug-likeness (QED) is 0.161. The highest BCUT2D eigenvalue weighted by molar-refractivity contribution is 6.13. The third-order valence-corrected chi connectivity index (χ3v) is 11.1. The standard InChI is InChI=1S/C57H35N3O2/c1-3-13-40(14-4-1)55-58-56(41-15-5-2-6-16-41)60-57(59-55)44-34-42(36-25-29-38(30-26-36)45-19-11-23-51-53(45)47-17-7-9-21-49(47)61-51)33-43(35-44)37-27-31-39(32-28-37)46-20-12-24-52-54(46)48-18-8-10-22-50(48)62-52/h1-35H/i1D,2D,3D,4D,5D,6D,13D,14D,15D,16D. The lowest BCUT2D eigenvalue weighted by Crippen LogP contribution is -2.00. The van der Waals surface area contributed by atoms with Crippen LogP contribution in [0, 0.1) is 0 Å². The van der Waals surface area contributed by atoms with Crippen molar-refractivity contribution in [2.75, 3.05) is 0 Å². The summed E-state index contributed by atoms with van der Waals surface area (Å²) in [6.07, 6.45) is 0. The molecule has 9 aromatic carbocycles. The molecule has 0 fully saturated rings. The van der Waals surface area contributed by atoms with Crippen molar-refractivity contribution in [3.63, 3.8) is 0 Å². The molecule has 5 nitrogen and oxygen atoms in total. The summed E-state index contributed by atoms with van der Waals surface area (Å²) in [5.74, 6) is -0.732. The summed E-state index contributed by atoms with van der Waals surface area (Å²) in [6.45, 7) is 0. The van der Waals surface area contributed by atoms with Crippen LogP contribution in [0.15, 0.2) is 221 Å². The number of nitrogens with zero attached hydrogens (tertiary/aromatic N) is 3. The third-order valence-electron chi connectivity index (χ3n) is 11.1. The summed E-state index contributed by atoms with van der Waals surface area (Å²) in [6, 6.07) is 43.8. The topological polar surface area (TPSA) is 65.0 Å². The molecule has 0 aliphatic carbocycles. The van der Waals surface area contributed by atoms with Gasteiger partial charge in [0.1, 0.15) is 22.3 Å². The van der Waals surface area contributed by atoms with Gasteiger partial charge in [0.05, 0.1) is 13.7 Å². The van der Waals surface area contributed by atoms with Crippen LogP contribution >= 0.6 is 0 Å². The summed E-state index contributed by atoms with van der Waals surface area (Å²) < 4.78 is 98.3. The number of aromatic nitrogens is 3. The molecule has 3 heterocycles. The fourth-order valence-corrected chi connectivity index (χ4v) is 8.26. The summed E-state index contributed by atoms with van der Waals surface area (Å²) in [5, 5.41) is 4.03. The van der Waals surface area contributed by atoms with E-state index in [1.54, 1.807) is 0 Å². The van der Waals surface area contributed by atoms with Crippen LogP contribution in [0.1, 0.15) is 13.7 Å². The molecular weight excluding hydrogens is 759 g/mol. The molecular formula is C57H35N3O2. The number of benzene rings is 9. The molecule has 0 saturated carbocycles. The van der Waals surface area contributed by atoms with E-state index in [1.165, 1.54) is 0 Å². The van der Waals surface area contributed by atoms with Gasteiger partial charge in [-0.25, -0.2) is 15.0 Å². The van der Waals surface area contributed by atoms with Crippen LogP contribution in [0.4, 0.5) is 0 Å². The second-order valence-corrected chi connectivity index (χ2v) is 14.8. The van der Waals surface area contributed by atoms with Crippen molar-refractivity contribution in [3.05, 3.63) is 212 Å². The maximum absolute atomic E-state index is 8.86. The molecule has 0 aliphatic rings. The zero-order valence-electron chi connectivity index (χ0n) is 42.6. The molecule has 0 radical (unpaired) electrons. The Bertz CT molecular complexity index is 3910. The Morgan fingerprint density at radius 2 is 0.677 bits per heavy atom. The van der Waals surface area contributed by atoms with E-state index in [2.05, 4.69) is 17.1 Å². The lowest BCUT2D eigenvalue weighted by atomic mass is 9.92. The smallest absolute Gasteiger partial charge is 0.164 e. The fraction of sp³-hybridized carbons (Fsp3) is 0. The van der Waals surface area contributed by atoms with Gasteiger partial charge in [-0.1, -0.05) is 170 Å². The summed E-state index contributed by atoms with van der Waals surface area (Å²) in [4.78, 5) is 14.0. The monoisotopic (exact) mass is 803 g/mol. The van der Waals surface area contributed by atoms with Crippen molar-refractivity contribution in [2.24, 2.45) is 0 Å². The Morgan fingerprint density at radius 1 is 0.306 bits per heavy atom. The first-order valence-electron chi connectivity index (χ1n) is 24.9. The van der Waals surface area contributed by atoms with E-state index in [-0.39, 0.29) is 28.6 Å². The molecule has 3 aromatic heterocycles. The van der Waals surface area contributed by atoms with Crippen LogP contribution < -0.4 is 0 Å². The molecule has 5 heteroatoms. The molecule has 12 rings (SSSR count). The number of furan rings is 2. The van der Waals surface area contributed by atoms with Crippen LogP contribution in [0.2, 0.25) is 0 Å². The van der Waals surface area contributed by atoms with Gasteiger partial charge in [-0.05, 0) is 87.0 Å². The first-order chi connectivity index (χ1) is 34.8. The molecule has 0 spiro atoms. The maximum Gasteiger partial charge on any atom is 0.164 e. The molecule has 0 amide bonds. The van der Waals surface area contributed by atoms with Crippen LogP contribution in [-0.2, 0) is 0 Å². The van der Waals surface area contributed by atoms with Gasteiger partial charge >= 0.3 is 0 Å². The highest BCUT2D eigenvalue weighted by Gasteiger charge is 2.17. The Morgan fingerprint density at radius 3 is 1.13 bits per heavy atom. The summed E-state index contributed by atoms with van der Waals surface area (Å²) in [5.41, 5.74) is 9.94. The molecule has 12 aromatic rings. The van der Waals surface area contributed by atoms with Gasteiger partial charge in [0.15, 0.2) is 17.5 Å². The van der Waals surface area contributed by atoms with Gasteiger partial charge in [-0.2, -0.15) is 0 Å². The summed E-state index contributed by atoms with van der Waals surface area (Å²) in [7, 11) is 0. The van der Waals surface area contributed by atoms with Crippen LogP contribution in [0.3, 0.4) is 0 Å². The average molecular weight is 804 g/mol. The second kappa shape index (κ2) is 14.7. The van der Waals surface area contributed by atoms with Gasteiger partial charge in [0, 0.05) is 38.2 Å². The molecule has 0 bridgehead atoms. The molecule has 0 aliphatic heterocycles. The van der Waals surface area contributed by atoms with E-state index < -0.39 is 60.4 Å². The van der Waals surface area contributed by atoms with Gasteiger partial charge in [0.25, 0.3) is 0 Å². The van der Waals surface area contributed by atoms with Crippen molar-refractivity contribution in [1.29, 1.82) is 0 Å². The van der Waals surface area contributed by atoms with Crippen molar-refractivity contribution >= 4 is 43.9 Å². The predicted molar refractivity (Wildman–Crippen MR) is 252 cm³/mol. The lowest BCUT2D eigenvalue weighted by molar-refractivity contribution is 0.668. The first-order valence-corrected chi connectivity index (χ1v) is 19.9. The Hall–Kier alpha value is -8.41. The van der Waals surface area contributed by atoms with Crippen molar-refractivity contribution < 1.29 is 22.5 Å². The molecule has 290 valence electrons. The van der Waals surface area contributed by atoms with Crippen LogP contribution in [0.25, 0.3) is 123 Å². The van der Waals surface area contributed by atoms with E-state index in [0.717, 1.165) is 88.4 Å². The van der Waals surface area contributed by atoms with Crippen molar-refractivity contribution in [1.82, 2.24) is 15.0 Å². The Balaban J connectivity index is 1.06. The number of para-hydroxylation sites is 2. The largest absolute Gasteiger partial charge is 0.456 e. The van der Waals surface area contributed by atoms with Gasteiger partial charge in [-0.15, -0.1) is 0 Å². The van der Waals surface area contributed by atoms with Crippen molar-refractivity contribution in [2.45, 2.75) is 0 Å². The molecule has 62 heavy (non-hydrogen) atoms. The van der Waals surface area contributed by atoms with E-state index in [1.807, 2.05) is 140 Å². The van der Waals surface area contributed by atoms with Gasteiger partial charge < -0.3 is 8.83 Å². The number of rotatable bonds is 7. The number of hydrogen-bond donors (Lipinski definition) is 0. The third kappa shape index (κ3) is 6.23. The van der Waals surface area contributed by atoms with Crippen molar-refractivity contribution in [3.8, 4) is 78.7 Å². The minimum atomic E-state index is -0.622. The average Bonchev–Trinajstić information content (AvgIpc) is 4.00. The normalized spacial score (nSPS) is 13.8. The number of fused-ring (bicyclic) bond motifs is 6. The fourth-order valence-electron chi connectivity index (χ4n) is 8.26. The Labute approximate surface area is 371 Å². The van der Waals surface area contributed by atoms with E-state index in [9.17, 15) is 0 Å².